The Morgan fingerprint density at radius 2 is 1.95 bits per heavy atom. The second-order valence-electron chi connectivity index (χ2n) is 4.84. The number of ether oxygens (including phenoxy) is 1. The van der Waals surface area contributed by atoms with Gasteiger partial charge in [0, 0.05) is 25.2 Å². The Hall–Kier alpha value is -1.76. The second kappa shape index (κ2) is 6.13. The quantitative estimate of drug-likeness (QED) is 0.898. The fourth-order valence-corrected chi connectivity index (χ4v) is 2.23. The number of nitrogens with zero attached hydrogens (tertiary/aromatic N) is 3. The summed E-state index contributed by atoms with van der Waals surface area (Å²) in [5.41, 5.74) is 7.06. The maximum absolute atomic E-state index is 6.15. The van der Waals surface area contributed by atoms with Crippen molar-refractivity contribution in [2.45, 2.75) is 6.04 Å². The standard InChI is InChI=1S/C14H18N4O2/c15-12(10-18-6-8-19-9-7-18)13-16-14(20-17-13)11-4-2-1-3-5-11/h1-5,12H,6-10,15H2. The van der Waals surface area contributed by atoms with Crippen LogP contribution in [0.15, 0.2) is 34.9 Å². The van der Waals surface area contributed by atoms with Crippen LogP contribution in [0.25, 0.3) is 11.5 Å². The molecule has 0 amide bonds. The van der Waals surface area contributed by atoms with Crippen LogP contribution in [-0.4, -0.2) is 47.9 Å². The van der Waals surface area contributed by atoms with Crippen LogP contribution in [0.5, 0.6) is 0 Å². The fraction of sp³-hybridized carbons (Fsp3) is 0.429. The van der Waals surface area contributed by atoms with Crippen LogP contribution in [0.1, 0.15) is 11.9 Å². The van der Waals surface area contributed by atoms with Gasteiger partial charge in [-0.1, -0.05) is 23.4 Å². The van der Waals surface area contributed by atoms with Crippen LogP contribution in [0.2, 0.25) is 0 Å². The maximum atomic E-state index is 6.15. The van der Waals surface area contributed by atoms with Crippen molar-refractivity contribution < 1.29 is 9.26 Å². The van der Waals surface area contributed by atoms with Crippen LogP contribution in [0.3, 0.4) is 0 Å². The highest BCUT2D eigenvalue weighted by molar-refractivity contribution is 5.52. The van der Waals surface area contributed by atoms with Crippen molar-refractivity contribution in [2.75, 3.05) is 32.8 Å². The molecule has 0 spiro atoms. The van der Waals surface area contributed by atoms with Gasteiger partial charge in [0.2, 0.25) is 0 Å². The highest BCUT2D eigenvalue weighted by Crippen LogP contribution is 2.18. The molecule has 2 heterocycles. The summed E-state index contributed by atoms with van der Waals surface area (Å²) >= 11 is 0. The minimum atomic E-state index is -0.241. The minimum absolute atomic E-state index is 0.241. The number of aromatic nitrogens is 2. The van der Waals surface area contributed by atoms with E-state index >= 15 is 0 Å². The first-order chi connectivity index (χ1) is 9.83. The van der Waals surface area contributed by atoms with E-state index < -0.39 is 0 Å². The van der Waals surface area contributed by atoms with Gasteiger partial charge < -0.3 is 15.0 Å². The molecule has 1 aromatic heterocycles. The zero-order chi connectivity index (χ0) is 13.8. The third-order valence-electron chi connectivity index (χ3n) is 3.35. The summed E-state index contributed by atoms with van der Waals surface area (Å²) in [6.45, 7) is 4.04. The van der Waals surface area contributed by atoms with Crippen molar-refractivity contribution >= 4 is 0 Å². The van der Waals surface area contributed by atoms with Gasteiger partial charge in [0.1, 0.15) is 0 Å². The van der Waals surface area contributed by atoms with Crippen LogP contribution in [-0.2, 0) is 4.74 Å². The van der Waals surface area contributed by atoms with Gasteiger partial charge in [-0.05, 0) is 12.1 Å². The smallest absolute Gasteiger partial charge is 0.257 e. The molecule has 0 radical (unpaired) electrons. The first kappa shape index (κ1) is 13.2. The largest absolute Gasteiger partial charge is 0.379 e. The van der Waals surface area contributed by atoms with E-state index in [4.69, 9.17) is 15.0 Å². The van der Waals surface area contributed by atoms with Gasteiger partial charge in [0.05, 0.1) is 19.3 Å². The molecular formula is C14H18N4O2. The molecule has 6 nitrogen and oxygen atoms in total. The molecule has 1 atom stereocenters. The van der Waals surface area contributed by atoms with E-state index in [0.29, 0.717) is 11.7 Å². The van der Waals surface area contributed by atoms with E-state index in [1.807, 2.05) is 30.3 Å². The molecule has 106 valence electrons. The first-order valence-electron chi connectivity index (χ1n) is 6.77. The predicted octanol–water partition coefficient (Wildman–Crippen LogP) is 1.07. The summed E-state index contributed by atoms with van der Waals surface area (Å²) in [4.78, 5) is 6.64. The Labute approximate surface area is 117 Å². The van der Waals surface area contributed by atoms with Gasteiger partial charge in [-0.3, -0.25) is 4.90 Å². The van der Waals surface area contributed by atoms with E-state index in [9.17, 15) is 0 Å². The number of hydrogen-bond acceptors (Lipinski definition) is 6. The molecule has 1 unspecified atom stereocenters. The second-order valence-corrected chi connectivity index (χ2v) is 4.84. The van der Waals surface area contributed by atoms with Crippen LogP contribution in [0.4, 0.5) is 0 Å². The Kier molecular flexibility index (Phi) is 4.05. The lowest BCUT2D eigenvalue weighted by atomic mass is 10.2. The maximum Gasteiger partial charge on any atom is 0.257 e. The normalized spacial score (nSPS) is 18.1. The highest BCUT2D eigenvalue weighted by Gasteiger charge is 2.19. The molecular weight excluding hydrogens is 256 g/mol. The molecule has 1 fully saturated rings. The molecule has 1 saturated heterocycles. The molecule has 0 bridgehead atoms. The molecule has 2 N–H and O–H groups in total. The average molecular weight is 274 g/mol. The molecule has 6 heteroatoms. The molecule has 20 heavy (non-hydrogen) atoms. The van der Waals surface area contributed by atoms with Gasteiger partial charge in [-0.25, -0.2) is 0 Å². The summed E-state index contributed by atoms with van der Waals surface area (Å²) in [6.07, 6.45) is 0. The van der Waals surface area contributed by atoms with E-state index in [1.54, 1.807) is 0 Å². The summed E-state index contributed by atoms with van der Waals surface area (Å²) in [7, 11) is 0. The van der Waals surface area contributed by atoms with Crippen molar-refractivity contribution in [3.8, 4) is 11.5 Å². The lowest BCUT2D eigenvalue weighted by Gasteiger charge is -2.27. The van der Waals surface area contributed by atoms with E-state index in [0.717, 1.165) is 38.4 Å². The van der Waals surface area contributed by atoms with Gasteiger partial charge in [-0.15, -0.1) is 0 Å². The monoisotopic (exact) mass is 274 g/mol. The molecule has 3 rings (SSSR count). The summed E-state index contributed by atoms with van der Waals surface area (Å²) in [5.74, 6) is 1.06. The molecule has 1 aliphatic heterocycles. The van der Waals surface area contributed by atoms with Crippen LogP contribution < -0.4 is 5.73 Å². The van der Waals surface area contributed by atoms with Gasteiger partial charge in [0.25, 0.3) is 5.89 Å². The Morgan fingerprint density at radius 3 is 2.70 bits per heavy atom. The third-order valence-corrected chi connectivity index (χ3v) is 3.35. The van der Waals surface area contributed by atoms with Crippen molar-refractivity contribution in [2.24, 2.45) is 5.73 Å². The fourth-order valence-electron chi connectivity index (χ4n) is 2.23. The first-order valence-corrected chi connectivity index (χ1v) is 6.77. The molecule has 1 aromatic carbocycles. The lowest BCUT2D eigenvalue weighted by Crippen LogP contribution is -2.40. The van der Waals surface area contributed by atoms with Crippen LogP contribution in [0, 0.1) is 0 Å². The zero-order valence-corrected chi connectivity index (χ0v) is 11.2. The average Bonchev–Trinajstić information content (AvgIpc) is 2.99. The van der Waals surface area contributed by atoms with Gasteiger partial charge >= 0.3 is 0 Å². The SMILES string of the molecule is NC(CN1CCOCC1)c1noc(-c2ccccc2)n1. The predicted molar refractivity (Wildman–Crippen MR) is 73.9 cm³/mol. The Morgan fingerprint density at radius 1 is 1.20 bits per heavy atom. The van der Waals surface area contributed by atoms with Crippen molar-refractivity contribution in [3.63, 3.8) is 0 Å². The van der Waals surface area contributed by atoms with Gasteiger partial charge in [-0.2, -0.15) is 4.98 Å². The summed E-state index contributed by atoms with van der Waals surface area (Å²) in [5, 5.41) is 3.99. The number of rotatable bonds is 4. The molecule has 1 aliphatic rings. The number of hydrogen-bond donors (Lipinski definition) is 1. The van der Waals surface area contributed by atoms with E-state index in [2.05, 4.69) is 15.0 Å². The van der Waals surface area contributed by atoms with Crippen molar-refractivity contribution in [1.29, 1.82) is 0 Å². The highest BCUT2D eigenvalue weighted by atomic mass is 16.5. The molecule has 2 aromatic rings. The summed E-state index contributed by atoms with van der Waals surface area (Å²) in [6, 6.07) is 9.45. The Bertz CT molecular complexity index is 537. The Balaban J connectivity index is 1.66. The number of nitrogens with two attached hydrogens (primary N) is 1. The lowest BCUT2D eigenvalue weighted by molar-refractivity contribution is 0.0348. The van der Waals surface area contributed by atoms with Crippen molar-refractivity contribution in [3.05, 3.63) is 36.2 Å². The zero-order valence-electron chi connectivity index (χ0n) is 11.2. The summed E-state index contributed by atoms with van der Waals surface area (Å²) < 4.78 is 10.6. The topological polar surface area (TPSA) is 77.4 Å². The van der Waals surface area contributed by atoms with E-state index in [1.165, 1.54) is 0 Å². The van der Waals surface area contributed by atoms with E-state index in [-0.39, 0.29) is 6.04 Å². The third kappa shape index (κ3) is 3.04. The van der Waals surface area contributed by atoms with Crippen LogP contribution >= 0.6 is 0 Å². The molecule has 0 aliphatic carbocycles. The molecule has 0 saturated carbocycles. The number of morpholine rings is 1. The number of benzene rings is 1. The minimum Gasteiger partial charge on any atom is -0.379 e. The van der Waals surface area contributed by atoms with Gasteiger partial charge in [0.15, 0.2) is 5.82 Å². The van der Waals surface area contributed by atoms with Crippen molar-refractivity contribution in [1.82, 2.24) is 15.0 Å².